The summed E-state index contributed by atoms with van der Waals surface area (Å²) in [5.41, 5.74) is 0. The summed E-state index contributed by atoms with van der Waals surface area (Å²) in [7, 11) is 0. The van der Waals surface area contributed by atoms with Gasteiger partial charge in [0.2, 0.25) is 0 Å². The van der Waals surface area contributed by atoms with E-state index in [-0.39, 0.29) is 0 Å². The second-order valence-electron chi connectivity index (χ2n) is 0.498. The molecule has 0 amide bonds. The summed E-state index contributed by atoms with van der Waals surface area (Å²) in [4.78, 5) is 0. The van der Waals surface area contributed by atoms with E-state index < -0.39 is 0 Å². The molecule has 0 aliphatic heterocycles. The van der Waals surface area contributed by atoms with E-state index >= 15 is 0 Å². The summed E-state index contributed by atoms with van der Waals surface area (Å²) in [6.07, 6.45) is 1.11. The summed E-state index contributed by atoms with van der Waals surface area (Å²) >= 11 is 1.46. The van der Waals surface area contributed by atoms with Crippen molar-refractivity contribution in [3.05, 3.63) is 0 Å². The Bertz CT molecular complexity index is 33.0. The van der Waals surface area contributed by atoms with Crippen LogP contribution in [0.2, 0.25) is 0 Å². The number of hydrogen-bond donors (Lipinski definition) is 0. The van der Waals surface area contributed by atoms with Gasteiger partial charge >= 0.3 is 36.7 Å². The molecule has 4 heavy (non-hydrogen) atoms. The van der Waals surface area contributed by atoms with E-state index in [9.17, 15) is 0 Å². The van der Waals surface area contributed by atoms with Crippen LogP contribution in [0.25, 0.3) is 0 Å². The van der Waals surface area contributed by atoms with Crippen molar-refractivity contribution < 1.29 is 19.2 Å². The molecular formula is C3H5W+. The van der Waals surface area contributed by atoms with Gasteiger partial charge in [0, 0.05) is 0 Å². The van der Waals surface area contributed by atoms with Crippen LogP contribution in [0.15, 0.2) is 0 Å². The molecule has 0 radical (unpaired) electrons. The van der Waals surface area contributed by atoms with E-state index in [0.29, 0.717) is 0 Å². The van der Waals surface area contributed by atoms with Crippen LogP contribution in [0.5, 0.6) is 0 Å². The molecule has 0 unspecified atom stereocenters. The average molecular weight is 225 g/mol. The molecule has 0 rings (SSSR count). The van der Waals surface area contributed by atoms with Crippen LogP contribution in [0.3, 0.4) is 0 Å². The maximum atomic E-state index is 3.01. The zero-order valence-corrected chi connectivity index (χ0v) is 5.55. The zero-order chi connectivity index (χ0) is 3.41. The van der Waals surface area contributed by atoms with Gasteiger partial charge in [0.15, 0.2) is 0 Å². The normalized spacial score (nSPS) is 5.00. The third-order valence-electron chi connectivity index (χ3n) is 0.144. The van der Waals surface area contributed by atoms with Gasteiger partial charge in [-0.3, -0.25) is 0 Å². The third-order valence-corrected chi connectivity index (χ3v) is 1.18. The summed E-state index contributed by atoms with van der Waals surface area (Å²) in [6, 6.07) is 0. The van der Waals surface area contributed by atoms with Crippen LogP contribution in [0.1, 0.15) is 13.3 Å². The first-order valence-corrected chi connectivity index (χ1v) is 2.73. The monoisotopic (exact) mass is 225 g/mol. The molecule has 0 saturated carbocycles. The molecule has 0 aromatic heterocycles. The van der Waals surface area contributed by atoms with Crippen molar-refractivity contribution in [2.45, 2.75) is 13.3 Å². The fourth-order valence-corrected chi connectivity index (χ4v) is 0. The van der Waals surface area contributed by atoms with Crippen molar-refractivity contribution in [2.24, 2.45) is 0 Å². The molecule has 0 fully saturated rings. The third kappa shape index (κ3) is 2.47. The minimum atomic E-state index is 1.11. The fourth-order valence-electron chi connectivity index (χ4n) is 0. The molecule has 22 valence electrons. The molecule has 0 N–H and O–H groups in total. The Kier molecular flexibility index (Phi) is 3.87. The van der Waals surface area contributed by atoms with Gasteiger partial charge in [-0.05, 0) is 0 Å². The van der Waals surface area contributed by atoms with Gasteiger partial charge in [-0.25, -0.2) is 0 Å². The first-order chi connectivity index (χ1) is 1.91. The predicted octanol–water partition coefficient (Wildman–Crippen LogP) is 0.902. The summed E-state index contributed by atoms with van der Waals surface area (Å²) in [5.74, 6) is 0. The molecule has 1 heteroatoms. The van der Waals surface area contributed by atoms with Gasteiger partial charge in [0.1, 0.15) is 0 Å². The van der Waals surface area contributed by atoms with Crippen LogP contribution >= 0.6 is 0 Å². The van der Waals surface area contributed by atoms with Crippen molar-refractivity contribution in [1.29, 1.82) is 0 Å². The molecule has 0 saturated heterocycles. The summed E-state index contributed by atoms with van der Waals surface area (Å²) in [5, 5.41) is 0. The second kappa shape index (κ2) is 3.47. The molecule has 0 aliphatic rings. The van der Waals surface area contributed by atoms with Crippen molar-refractivity contribution in [3.8, 4) is 4.20 Å². The maximum absolute atomic E-state index is 3.01. The standard InChI is InChI=1S/C3H5.W/c1-3-2;/h3H2,1H3;/q;+1. The molecule has 0 nitrogen and oxygen atoms in total. The van der Waals surface area contributed by atoms with Gasteiger partial charge in [-0.1, -0.05) is 0 Å². The molecule has 0 atom stereocenters. The van der Waals surface area contributed by atoms with Gasteiger partial charge in [0.05, 0.1) is 0 Å². The number of hydrogen-bond acceptors (Lipinski definition) is 0. The van der Waals surface area contributed by atoms with Gasteiger partial charge in [0.25, 0.3) is 0 Å². The first-order valence-electron chi connectivity index (χ1n) is 1.26. The van der Waals surface area contributed by atoms with Crippen molar-refractivity contribution in [3.63, 3.8) is 0 Å². The molecule has 0 heterocycles. The Labute approximate surface area is 37.2 Å². The van der Waals surface area contributed by atoms with Gasteiger partial charge < -0.3 is 0 Å². The quantitative estimate of drug-likeness (QED) is 0.574. The Balaban J connectivity index is 2.43. The molecule has 0 aromatic carbocycles. The summed E-state index contributed by atoms with van der Waals surface area (Å²) < 4.78 is 3.01. The Hall–Kier alpha value is 0.468. The molecule has 0 bridgehead atoms. The van der Waals surface area contributed by atoms with Crippen LogP contribution in [0.4, 0.5) is 0 Å². The van der Waals surface area contributed by atoms with Crippen LogP contribution < -0.4 is 0 Å². The Morgan fingerprint density at radius 3 is 2.25 bits per heavy atom. The zero-order valence-electron chi connectivity index (χ0n) is 2.62. The SMILES string of the molecule is CC[C]#[W+]. The fraction of sp³-hybridized carbons (Fsp3) is 0.667. The van der Waals surface area contributed by atoms with E-state index in [1.807, 2.05) is 0 Å². The van der Waals surface area contributed by atoms with E-state index in [1.54, 1.807) is 0 Å². The topological polar surface area (TPSA) is 0 Å². The van der Waals surface area contributed by atoms with Gasteiger partial charge in [-0.2, -0.15) is 0 Å². The van der Waals surface area contributed by atoms with Crippen molar-refractivity contribution in [1.82, 2.24) is 0 Å². The molecular weight excluding hydrogens is 220 g/mol. The van der Waals surface area contributed by atoms with Crippen LogP contribution in [-0.2, 0) is 19.2 Å². The van der Waals surface area contributed by atoms with Crippen LogP contribution in [0, 0.1) is 4.20 Å². The Morgan fingerprint density at radius 1 is 2.00 bits per heavy atom. The van der Waals surface area contributed by atoms with Crippen LogP contribution in [-0.4, -0.2) is 0 Å². The number of rotatable bonds is 0. The summed E-state index contributed by atoms with van der Waals surface area (Å²) in [6.45, 7) is 2.09. The van der Waals surface area contributed by atoms with E-state index in [1.165, 1.54) is 19.2 Å². The first kappa shape index (κ1) is 4.47. The second-order valence-corrected chi connectivity index (χ2v) is 1.54. The molecule has 0 aliphatic carbocycles. The minimum absolute atomic E-state index is 1.11. The van der Waals surface area contributed by atoms with Crippen molar-refractivity contribution in [2.75, 3.05) is 0 Å². The molecule has 0 spiro atoms. The predicted molar refractivity (Wildman–Crippen MR) is 14.2 cm³/mol. The Morgan fingerprint density at radius 2 is 2.25 bits per heavy atom. The van der Waals surface area contributed by atoms with Crippen molar-refractivity contribution >= 4 is 0 Å². The van der Waals surface area contributed by atoms with E-state index in [4.69, 9.17) is 0 Å². The molecule has 0 aromatic rings. The van der Waals surface area contributed by atoms with E-state index in [0.717, 1.165) is 6.42 Å². The van der Waals surface area contributed by atoms with E-state index in [2.05, 4.69) is 11.1 Å². The average Bonchev–Trinajstić information content (AvgIpc) is 1.37. The van der Waals surface area contributed by atoms with Gasteiger partial charge in [-0.15, -0.1) is 0 Å².